The van der Waals surface area contributed by atoms with E-state index in [1.165, 1.54) is 0 Å². The Balaban J connectivity index is 1.91. The highest BCUT2D eigenvalue weighted by Gasteiger charge is 2.30. The summed E-state index contributed by atoms with van der Waals surface area (Å²) in [4.78, 5) is 28.8. The van der Waals surface area contributed by atoms with Crippen molar-refractivity contribution in [3.8, 4) is 11.5 Å². The van der Waals surface area contributed by atoms with Gasteiger partial charge in [0.2, 0.25) is 5.91 Å². The number of carbonyl (C=O) groups excluding carboxylic acids is 2. The Morgan fingerprint density at radius 1 is 0.865 bits per heavy atom. The predicted molar refractivity (Wildman–Crippen MR) is 147 cm³/mol. The van der Waals surface area contributed by atoms with E-state index in [2.05, 4.69) is 5.32 Å². The summed E-state index contributed by atoms with van der Waals surface area (Å²) in [5, 5.41) is 3.04. The molecular formula is C31H38N2O4. The summed E-state index contributed by atoms with van der Waals surface area (Å²) in [5.41, 5.74) is 4.09. The second-order valence-electron chi connectivity index (χ2n) is 9.75. The Labute approximate surface area is 220 Å². The molecule has 3 aromatic rings. The van der Waals surface area contributed by atoms with Gasteiger partial charge in [-0.25, -0.2) is 0 Å². The molecule has 6 nitrogen and oxygen atoms in total. The van der Waals surface area contributed by atoms with Crippen LogP contribution in [0.15, 0.2) is 72.8 Å². The molecule has 196 valence electrons. The Bertz CT molecular complexity index is 1180. The van der Waals surface area contributed by atoms with Crippen molar-refractivity contribution in [2.75, 3.05) is 20.3 Å². The molecule has 0 saturated heterocycles. The van der Waals surface area contributed by atoms with Crippen molar-refractivity contribution in [1.82, 2.24) is 10.2 Å². The van der Waals surface area contributed by atoms with Crippen molar-refractivity contribution < 1.29 is 19.1 Å². The van der Waals surface area contributed by atoms with Gasteiger partial charge in [-0.05, 0) is 66.3 Å². The Morgan fingerprint density at radius 3 is 2.27 bits per heavy atom. The number of nitrogens with one attached hydrogen (secondary N) is 1. The zero-order valence-corrected chi connectivity index (χ0v) is 22.5. The molecule has 0 bridgehead atoms. The SMILES string of the molecule is COc1cccc(CN(C(=O)COc2ccc(C)c(C)c2)C(Cc2ccccc2)C(=O)NCC(C)C)c1. The lowest BCUT2D eigenvalue weighted by Gasteiger charge is -2.31. The van der Waals surface area contributed by atoms with E-state index < -0.39 is 6.04 Å². The maximum absolute atomic E-state index is 13.7. The molecule has 0 aromatic heterocycles. The number of nitrogens with zero attached hydrogens (tertiary/aromatic N) is 1. The molecule has 0 heterocycles. The van der Waals surface area contributed by atoms with Crippen LogP contribution in [0.3, 0.4) is 0 Å². The third-order valence-electron chi connectivity index (χ3n) is 6.28. The molecule has 2 amide bonds. The minimum Gasteiger partial charge on any atom is -0.497 e. The highest BCUT2D eigenvalue weighted by Crippen LogP contribution is 2.20. The average Bonchev–Trinajstić information content (AvgIpc) is 2.90. The number of ether oxygens (including phenoxy) is 2. The van der Waals surface area contributed by atoms with Gasteiger partial charge in [0.25, 0.3) is 5.91 Å². The topological polar surface area (TPSA) is 67.9 Å². The molecule has 1 N–H and O–H groups in total. The summed E-state index contributed by atoms with van der Waals surface area (Å²) in [6.07, 6.45) is 0.393. The van der Waals surface area contributed by atoms with Gasteiger partial charge < -0.3 is 19.7 Å². The zero-order valence-electron chi connectivity index (χ0n) is 22.5. The van der Waals surface area contributed by atoms with Crippen LogP contribution in [0.4, 0.5) is 0 Å². The normalized spacial score (nSPS) is 11.6. The maximum atomic E-state index is 13.7. The molecule has 3 rings (SSSR count). The number of hydrogen-bond acceptors (Lipinski definition) is 4. The summed E-state index contributed by atoms with van der Waals surface area (Å²) in [7, 11) is 1.61. The number of methoxy groups -OCH3 is 1. The highest BCUT2D eigenvalue weighted by molar-refractivity contribution is 5.88. The number of amides is 2. The molecule has 0 fully saturated rings. The van der Waals surface area contributed by atoms with E-state index >= 15 is 0 Å². The molecule has 6 heteroatoms. The molecule has 1 atom stereocenters. The van der Waals surface area contributed by atoms with Crippen LogP contribution in [-0.4, -0.2) is 43.0 Å². The third kappa shape index (κ3) is 8.38. The fourth-order valence-electron chi connectivity index (χ4n) is 3.98. The van der Waals surface area contributed by atoms with Crippen molar-refractivity contribution in [1.29, 1.82) is 0 Å². The standard InChI is InChI=1S/C31H38N2O4/c1-22(2)19-32-31(35)29(18-25-10-7-6-8-11-25)33(20-26-12-9-13-27(17-26)36-5)30(34)21-37-28-15-14-23(3)24(4)16-28/h6-17,22,29H,18-21H2,1-5H3,(H,32,35). The molecule has 37 heavy (non-hydrogen) atoms. The molecule has 0 saturated carbocycles. The first-order valence-corrected chi connectivity index (χ1v) is 12.7. The van der Waals surface area contributed by atoms with Gasteiger partial charge in [0.1, 0.15) is 17.5 Å². The van der Waals surface area contributed by atoms with E-state index in [0.717, 1.165) is 22.3 Å². The number of rotatable bonds is 12. The second-order valence-corrected chi connectivity index (χ2v) is 9.75. The lowest BCUT2D eigenvalue weighted by molar-refractivity contribution is -0.142. The first kappa shape index (κ1) is 27.8. The van der Waals surface area contributed by atoms with Crippen LogP contribution in [-0.2, 0) is 22.6 Å². The fraction of sp³-hybridized carbons (Fsp3) is 0.355. The van der Waals surface area contributed by atoms with Crippen molar-refractivity contribution in [3.63, 3.8) is 0 Å². The van der Waals surface area contributed by atoms with Crippen LogP contribution < -0.4 is 14.8 Å². The van der Waals surface area contributed by atoms with Crippen LogP contribution >= 0.6 is 0 Å². The van der Waals surface area contributed by atoms with Gasteiger partial charge >= 0.3 is 0 Å². The monoisotopic (exact) mass is 502 g/mol. The van der Waals surface area contributed by atoms with Gasteiger partial charge in [0.05, 0.1) is 7.11 Å². The van der Waals surface area contributed by atoms with Crippen LogP contribution in [0.5, 0.6) is 11.5 Å². The van der Waals surface area contributed by atoms with E-state index in [0.29, 0.717) is 24.5 Å². The molecule has 0 spiro atoms. The largest absolute Gasteiger partial charge is 0.497 e. The fourth-order valence-corrected chi connectivity index (χ4v) is 3.98. The minimum absolute atomic E-state index is 0.171. The van der Waals surface area contributed by atoms with Gasteiger partial charge in [-0.2, -0.15) is 0 Å². The van der Waals surface area contributed by atoms with Crippen molar-refractivity contribution >= 4 is 11.8 Å². The van der Waals surface area contributed by atoms with E-state index in [1.54, 1.807) is 12.0 Å². The lowest BCUT2D eigenvalue weighted by atomic mass is 10.0. The number of carbonyl (C=O) groups is 2. The molecule has 0 radical (unpaired) electrons. The van der Waals surface area contributed by atoms with Gasteiger partial charge in [0, 0.05) is 19.5 Å². The molecular weight excluding hydrogens is 464 g/mol. The number of benzene rings is 3. The van der Waals surface area contributed by atoms with Crippen LogP contribution in [0.2, 0.25) is 0 Å². The molecule has 3 aromatic carbocycles. The molecule has 1 unspecified atom stereocenters. The summed E-state index contributed by atoms with van der Waals surface area (Å²) in [6.45, 7) is 8.74. The van der Waals surface area contributed by atoms with Crippen LogP contribution in [0.1, 0.15) is 36.1 Å². The van der Waals surface area contributed by atoms with Gasteiger partial charge in [-0.3, -0.25) is 9.59 Å². The minimum atomic E-state index is -0.705. The zero-order chi connectivity index (χ0) is 26.8. The van der Waals surface area contributed by atoms with Crippen molar-refractivity contribution in [2.24, 2.45) is 5.92 Å². The number of aryl methyl sites for hydroxylation is 2. The van der Waals surface area contributed by atoms with Crippen molar-refractivity contribution in [2.45, 2.75) is 46.7 Å². The second kappa shape index (κ2) is 13.5. The summed E-state index contributed by atoms with van der Waals surface area (Å²) >= 11 is 0. The van der Waals surface area contributed by atoms with Crippen molar-refractivity contribution in [3.05, 3.63) is 95.1 Å². The molecule has 0 aliphatic heterocycles. The summed E-state index contributed by atoms with van der Waals surface area (Å²) in [6, 6.07) is 22.4. The van der Waals surface area contributed by atoms with E-state index in [9.17, 15) is 9.59 Å². The van der Waals surface area contributed by atoms with E-state index in [-0.39, 0.29) is 30.9 Å². The molecule has 0 aliphatic carbocycles. The lowest BCUT2D eigenvalue weighted by Crippen LogP contribution is -2.52. The quantitative estimate of drug-likeness (QED) is 0.374. The number of hydrogen-bond donors (Lipinski definition) is 1. The predicted octanol–water partition coefficient (Wildman–Crippen LogP) is 5.10. The summed E-state index contributed by atoms with van der Waals surface area (Å²) in [5.74, 6) is 1.17. The molecule has 0 aliphatic rings. The van der Waals surface area contributed by atoms with Gasteiger partial charge in [0.15, 0.2) is 6.61 Å². The third-order valence-corrected chi connectivity index (χ3v) is 6.28. The first-order chi connectivity index (χ1) is 17.8. The Hall–Kier alpha value is -3.80. The summed E-state index contributed by atoms with van der Waals surface area (Å²) < 4.78 is 11.3. The maximum Gasteiger partial charge on any atom is 0.261 e. The van der Waals surface area contributed by atoms with Gasteiger partial charge in [-0.15, -0.1) is 0 Å². The van der Waals surface area contributed by atoms with E-state index in [1.807, 2.05) is 100 Å². The smallest absolute Gasteiger partial charge is 0.261 e. The highest BCUT2D eigenvalue weighted by atomic mass is 16.5. The van der Waals surface area contributed by atoms with Crippen LogP contribution in [0, 0.1) is 19.8 Å². The average molecular weight is 503 g/mol. The Morgan fingerprint density at radius 2 is 1.59 bits per heavy atom. The Kier molecular flexibility index (Phi) is 10.1. The first-order valence-electron chi connectivity index (χ1n) is 12.7. The van der Waals surface area contributed by atoms with Gasteiger partial charge in [-0.1, -0.05) is 62.4 Å². The van der Waals surface area contributed by atoms with Crippen LogP contribution in [0.25, 0.3) is 0 Å². The van der Waals surface area contributed by atoms with E-state index in [4.69, 9.17) is 9.47 Å².